The molecule has 0 aliphatic heterocycles. The van der Waals surface area contributed by atoms with Gasteiger partial charge in [0.1, 0.15) is 19.0 Å². The summed E-state index contributed by atoms with van der Waals surface area (Å²) in [5.41, 5.74) is 0. The molecule has 0 heterocycles. The predicted octanol–water partition coefficient (Wildman–Crippen LogP) is 2.44. The highest BCUT2D eigenvalue weighted by Crippen LogP contribution is 2.14. The van der Waals surface area contributed by atoms with Crippen molar-refractivity contribution in [2.24, 2.45) is 0 Å². The minimum atomic E-state index is -4.28. The Balaban J connectivity index is 2.08. The van der Waals surface area contributed by atoms with Crippen LogP contribution in [0.2, 0.25) is 0 Å². The van der Waals surface area contributed by atoms with Crippen LogP contribution in [0.4, 0.5) is 13.2 Å². The maximum Gasteiger partial charge on any atom is 0.411 e. The smallest absolute Gasteiger partial charge is 0.411 e. The zero-order chi connectivity index (χ0) is 11.1. The average molecular weight is 219 g/mol. The molecule has 0 aliphatic rings. The van der Waals surface area contributed by atoms with Gasteiger partial charge in [0, 0.05) is 0 Å². The summed E-state index contributed by atoms with van der Waals surface area (Å²) >= 11 is 0. The van der Waals surface area contributed by atoms with Gasteiger partial charge in [-0.3, -0.25) is 0 Å². The van der Waals surface area contributed by atoms with Crippen LogP contribution >= 0.6 is 0 Å². The summed E-state index contributed by atoms with van der Waals surface area (Å²) in [7, 11) is 0. The van der Waals surface area contributed by atoms with Gasteiger partial charge in [0.25, 0.3) is 0 Å². The van der Waals surface area contributed by atoms with Crippen molar-refractivity contribution in [1.29, 1.82) is 0 Å². The van der Waals surface area contributed by atoms with Crippen molar-refractivity contribution in [3.05, 3.63) is 30.3 Å². The molecule has 15 heavy (non-hydrogen) atoms. The SMILES string of the molecule is FC(F)(F)COCCOc1cc[c]cc1. The highest BCUT2D eigenvalue weighted by molar-refractivity contribution is 5.20. The van der Waals surface area contributed by atoms with Crippen molar-refractivity contribution in [3.63, 3.8) is 0 Å². The highest BCUT2D eigenvalue weighted by Gasteiger charge is 2.27. The number of rotatable bonds is 5. The number of halogens is 3. The molecule has 0 atom stereocenters. The van der Waals surface area contributed by atoms with Gasteiger partial charge in [0.05, 0.1) is 6.61 Å². The summed E-state index contributed by atoms with van der Waals surface area (Å²) in [4.78, 5) is 0. The minimum Gasteiger partial charge on any atom is -0.491 e. The lowest BCUT2D eigenvalue weighted by molar-refractivity contribution is -0.175. The Morgan fingerprint density at radius 3 is 2.40 bits per heavy atom. The second-order valence-corrected chi connectivity index (χ2v) is 2.75. The quantitative estimate of drug-likeness (QED) is 0.708. The second kappa shape index (κ2) is 5.60. The van der Waals surface area contributed by atoms with Crippen molar-refractivity contribution in [1.82, 2.24) is 0 Å². The molecule has 0 saturated carbocycles. The molecular weight excluding hydrogens is 209 g/mol. The third kappa shape index (κ3) is 5.96. The van der Waals surface area contributed by atoms with Crippen molar-refractivity contribution in [2.75, 3.05) is 19.8 Å². The number of hydrogen-bond acceptors (Lipinski definition) is 2. The minimum absolute atomic E-state index is 0.0852. The topological polar surface area (TPSA) is 18.5 Å². The van der Waals surface area contributed by atoms with Gasteiger partial charge in [0.15, 0.2) is 0 Å². The van der Waals surface area contributed by atoms with Gasteiger partial charge in [-0.15, -0.1) is 0 Å². The molecule has 0 aromatic heterocycles. The molecule has 0 unspecified atom stereocenters. The molecule has 0 bridgehead atoms. The summed E-state index contributed by atoms with van der Waals surface area (Å²) in [5.74, 6) is 0.587. The molecule has 5 heteroatoms. The number of benzene rings is 1. The number of hydrogen-bond donors (Lipinski definition) is 0. The Morgan fingerprint density at radius 1 is 1.13 bits per heavy atom. The molecule has 1 radical (unpaired) electrons. The van der Waals surface area contributed by atoms with Crippen LogP contribution in [-0.2, 0) is 4.74 Å². The van der Waals surface area contributed by atoms with E-state index in [9.17, 15) is 13.2 Å². The van der Waals surface area contributed by atoms with Crippen LogP contribution in [0.15, 0.2) is 24.3 Å². The lowest BCUT2D eigenvalue weighted by atomic mass is 10.3. The van der Waals surface area contributed by atoms with Crippen molar-refractivity contribution in [3.8, 4) is 5.75 Å². The van der Waals surface area contributed by atoms with Crippen LogP contribution in [0, 0.1) is 6.07 Å². The summed E-state index contributed by atoms with van der Waals surface area (Å²) in [5, 5.41) is 0. The van der Waals surface area contributed by atoms with E-state index < -0.39 is 12.8 Å². The summed E-state index contributed by atoms with van der Waals surface area (Å²) in [6.45, 7) is -1.23. The van der Waals surface area contributed by atoms with Crippen LogP contribution in [0.1, 0.15) is 0 Å². The third-order valence-electron chi connectivity index (χ3n) is 1.45. The Bertz CT molecular complexity index is 272. The standard InChI is InChI=1S/C10H10F3O2/c11-10(12,13)8-14-6-7-15-9-4-2-1-3-5-9/h2-5H,6-8H2. The third-order valence-corrected chi connectivity index (χ3v) is 1.45. The summed E-state index contributed by atoms with van der Waals surface area (Å²) < 4.78 is 44.4. The zero-order valence-electron chi connectivity index (χ0n) is 7.88. The fourth-order valence-electron chi connectivity index (χ4n) is 0.874. The molecule has 1 aromatic carbocycles. The van der Waals surface area contributed by atoms with Gasteiger partial charge in [-0.25, -0.2) is 0 Å². The van der Waals surface area contributed by atoms with Crippen molar-refractivity contribution >= 4 is 0 Å². The Kier molecular flexibility index (Phi) is 4.42. The van der Waals surface area contributed by atoms with Crippen LogP contribution < -0.4 is 4.74 Å². The van der Waals surface area contributed by atoms with Crippen LogP contribution in [0.3, 0.4) is 0 Å². The van der Waals surface area contributed by atoms with E-state index >= 15 is 0 Å². The van der Waals surface area contributed by atoms with E-state index in [2.05, 4.69) is 10.8 Å². The Labute approximate surface area is 85.6 Å². The zero-order valence-corrected chi connectivity index (χ0v) is 7.88. The van der Waals surface area contributed by atoms with E-state index in [1.165, 1.54) is 0 Å². The van der Waals surface area contributed by atoms with E-state index in [0.29, 0.717) is 5.75 Å². The number of alkyl halides is 3. The first-order chi connectivity index (χ1) is 7.08. The maximum absolute atomic E-state index is 11.6. The molecule has 0 saturated heterocycles. The molecule has 2 nitrogen and oxygen atoms in total. The maximum atomic E-state index is 11.6. The Hall–Kier alpha value is -1.23. The lowest BCUT2D eigenvalue weighted by Crippen LogP contribution is -2.19. The van der Waals surface area contributed by atoms with E-state index in [4.69, 9.17) is 4.74 Å². The highest BCUT2D eigenvalue weighted by atomic mass is 19.4. The predicted molar refractivity (Wildman–Crippen MR) is 47.6 cm³/mol. The van der Waals surface area contributed by atoms with Crippen molar-refractivity contribution in [2.45, 2.75) is 6.18 Å². The van der Waals surface area contributed by atoms with Gasteiger partial charge >= 0.3 is 6.18 Å². The lowest BCUT2D eigenvalue weighted by Gasteiger charge is -2.08. The monoisotopic (exact) mass is 219 g/mol. The van der Waals surface area contributed by atoms with Gasteiger partial charge < -0.3 is 9.47 Å². The first-order valence-corrected chi connectivity index (χ1v) is 4.31. The Morgan fingerprint density at radius 2 is 1.80 bits per heavy atom. The fraction of sp³-hybridized carbons (Fsp3) is 0.400. The van der Waals surface area contributed by atoms with Crippen LogP contribution in [0.5, 0.6) is 5.75 Å². The average Bonchev–Trinajstić information content (AvgIpc) is 2.17. The van der Waals surface area contributed by atoms with E-state index in [1.807, 2.05) is 0 Å². The van der Waals surface area contributed by atoms with Gasteiger partial charge in [-0.05, 0) is 18.2 Å². The second-order valence-electron chi connectivity index (χ2n) is 2.75. The molecule has 83 valence electrons. The normalized spacial score (nSPS) is 11.4. The van der Waals surface area contributed by atoms with E-state index in [0.717, 1.165) is 0 Å². The molecule has 0 aliphatic carbocycles. The number of ether oxygens (including phenoxy) is 2. The largest absolute Gasteiger partial charge is 0.491 e. The van der Waals surface area contributed by atoms with Gasteiger partial charge in [-0.2, -0.15) is 13.2 Å². The van der Waals surface area contributed by atoms with Crippen molar-refractivity contribution < 1.29 is 22.6 Å². The molecular formula is C10H10F3O2. The molecule has 0 spiro atoms. The van der Waals surface area contributed by atoms with E-state index in [1.54, 1.807) is 24.3 Å². The fourth-order valence-corrected chi connectivity index (χ4v) is 0.874. The van der Waals surface area contributed by atoms with E-state index in [-0.39, 0.29) is 13.2 Å². The van der Waals surface area contributed by atoms with Gasteiger partial charge in [0.2, 0.25) is 0 Å². The first kappa shape index (κ1) is 11.8. The van der Waals surface area contributed by atoms with Crippen LogP contribution in [-0.4, -0.2) is 26.0 Å². The summed E-state index contributed by atoms with van der Waals surface area (Å²) in [6, 6.07) is 9.45. The molecule has 0 fully saturated rings. The molecule has 0 N–H and O–H groups in total. The first-order valence-electron chi connectivity index (χ1n) is 4.31. The molecule has 0 amide bonds. The summed E-state index contributed by atoms with van der Waals surface area (Å²) in [6.07, 6.45) is -4.28. The van der Waals surface area contributed by atoms with Crippen LogP contribution in [0.25, 0.3) is 0 Å². The molecule has 1 aromatic rings. The van der Waals surface area contributed by atoms with Gasteiger partial charge in [-0.1, -0.05) is 12.1 Å². The molecule has 1 rings (SSSR count).